The Kier molecular flexibility index (Phi) is 8.80. The van der Waals surface area contributed by atoms with Crippen LogP contribution in [0.25, 0.3) is 10.2 Å². The second-order valence-corrected chi connectivity index (χ2v) is 14.1. The molecule has 0 amide bonds. The molecule has 222 valence electrons. The van der Waals surface area contributed by atoms with E-state index in [4.69, 9.17) is 18.9 Å². The van der Waals surface area contributed by atoms with E-state index < -0.39 is 17.4 Å². The summed E-state index contributed by atoms with van der Waals surface area (Å²) >= 11 is 4.96. The number of ether oxygens (including phenoxy) is 4. The number of benzene rings is 1. The van der Waals surface area contributed by atoms with E-state index in [1.807, 2.05) is 52.0 Å². The summed E-state index contributed by atoms with van der Waals surface area (Å²) in [5.74, 6) is 0.0341. The van der Waals surface area contributed by atoms with Crippen LogP contribution in [-0.4, -0.2) is 47.1 Å². The van der Waals surface area contributed by atoms with E-state index in [0.29, 0.717) is 42.0 Å². The molecule has 2 aromatic heterocycles. The standard InChI is InChI=1S/C30H37BrN2O7S/c1-17-24-26(34)33(19-14-18(15-19)28(35)40-30(2,3)4)29(36)32(27(24)41-25(17)31)16-23(39-20-10-12-38-13-11-20)21-8-6-7-9-22(21)37-5/h6-9,18-20,23H,10-16H2,1-5H3. The van der Waals surface area contributed by atoms with Gasteiger partial charge < -0.3 is 18.9 Å². The van der Waals surface area contributed by atoms with Gasteiger partial charge in [-0.15, -0.1) is 11.3 Å². The van der Waals surface area contributed by atoms with Gasteiger partial charge >= 0.3 is 11.7 Å². The Balaban J connectivity index is 1.56. The summed E-state index contributed by atoms with van der Waals surface area (Å²) in [7, 11) is 1.62. The number of hydrogen-bond donors (Lipinski definition) is 0. The van der Waals surface area contributed by atoms with E-state index in [1.54, 1.807) is 11.7 Å². The van der Waals surface area contributed by atoms with Crippen molar-refractivity contribution in [2.24, 2.45) is 5.92 Å². The second kappa shape index (κ2) is 12.0. The van der Waals surface area contributed by atoms with Gasteiger partial charge in [-0.25, -0.2) is 4.79 Å². The average molecular weight is 650 g/mol. The van der Waals surface area contributed by atoms with Gasteiger partial charge in [-0.1, -0.05) is 18.2 Å². The van der Waals surface area contributed by atoms with Crippen LogP contribution in [0.4, 0.5) is 0 Å². The van der Waals surface area contributed by atoms with Gasteiger partial charge in [-0.2, -0.15) is 0 Å². The van der Waals surface area contributed by atoms with Gasteiger partial charge in [0, 0.05) is 24.8 Å². The largest absolute Gasteiger partial charge is 0.496 e. The lowest BCUT2D eigenvalue weighted by Crippen LogP contribution is -2.48. The first-order valence-electron chi connectivity index (χ1n) is 14.0. The molecular formula is C30H37BrN2O7S. The molecule has 11 heteroatoms. The average Bonchev–Trinajstić information content (AvgIpc) is 3.20. The number of rotatable bonds is 8. The number of para-hydroxylation sites is 1. The van der Waals surface area contributed by atoms with Crippen molar-refractivity contribution in [3.8, 4) is 5.75 Å². The summed E-state index contributed by atoms with van der Waals surface area (Å²) in [6, 6.07) is 7.27. The van der Waals surface area contributed by atoms with Crippen LogP contribution in [0.2, 0.25) is 0 Å². The van der Waals surface area contributed by atoms with E-state index in [0.717, 1.165) is 27.8 Å². The van der Waals surface area contributed by atoms with Crippen LogP contribution in [0.5, 0.6) is 5.75 Å². The van der Waals surface area contributed by atoms with Crippen molar-refractivity contribution >= 4 is 43.5 Å². The number of hydrogen-bond acceptors (Lipinski definition) is 8. The molecular weight excluding hydrogens is 612 g/mol. The first kappa shape index (κ1) is 30.0. The minimum absolute atomic E-state index is 0.0335. The Morgan fingerprint density at radius 1 is 1.17 bits per heavy atom. The fraction of sp³-hybridized carbons (Fsp3) is 0.567. The number of methoxy groups -OCH3 is 1. The highest BCUT2D eigenvalue weighted by molar-refractivity contribution is 9.11. The Bertz CT molecular complexity index is 1540. The molecule has 0 bridgehead atoms. The molecule has 1 saturated carbocycles. The maximum Gasteiger partial charge on any atom is 0.332 e. The zero-order chi connectivity index (χ0) is 29.5. The van der Waals surface area contributed by atoms with Crippen LogP contribution in [-0.2, 0) is 25.5 Å². The number of fused-ring (bicyclic) bond motifs is 1. The number of nitrogens with zero attached hydrogens (tertiary/aromatic N) is 2. The summed E-state index contributed by atoms with van der Waals surface area (Å²) < 4.78 is 27.2. The minimum atomic E-state index is -0.595. The van der Waals surface area contributed by atoms with Crippen molar-refractivity contribution in [3.05, 3.63) is 60.0 Å². The highest BCUT2D eigenvalue weighted by atomic mass is 79.9. The van der Waals surface area contributed by atoms with Crippen molar-refractivity contribution in [2.75, 3.05) is 20.3 Å². The molecule has 3 heterocycles. The van der Waals surface area contributed by atoms with Gasteiger partial charge in [-0.3, -0.25) is 18.7 Å². The summed E-state index contributed by atoms with van der Waals surface area (Å²) in [6.07, 6.45) is 1.75. The molecule has 41 heavy (non-hydrogen) atoms. The molecule has 0 radical (unpaired) electrons. The third kappa shape index (κ3) is 6.18. The molecule has 1 aliphatic heterocycles. The highest BCUT2D eigenvalue weighted by Gasteiger charge is 2.40. The fourth-order valence-corrected chi connectivity index (χ4v) is 7.24. The van der Waals surface area contributed by atoms with Crippen LogP contribution < -0.4 is 16.0 Å². The maximum absolute atomic E-state index is 14.2. The zero-order valence-corrected chi connectivity index (χ0v) is 26.5. The Morgan fingerprint density at radius 3 is 2.51 bits per heavy atom. The van der Waals surface area contributed by atoms with Crippen LogP contribution in [0.3, 0.4) is 0 Å². The van der Waals surface area contributed by atoms with Gasteiger partial charge in [-0.05, 0) is 80.9 Å². The molecule has 2 aliphatic rings. The molecule has 5 rings (SSSR count). The lowest BCUT2D eigenvalue weighted by Gasteiger charge is -2.36. The topological polar surface area (TPSA) is 98.0 Å². The molecule has 1 atom stereocenters. The predicted molar refractivity (Wildman–Crippen MR) is 161 cm³/mol. The van der Waals surface area contributed by atoms with Crippen molar-refractivity contribution in [2.45, 2.75) is 83.8 Å². The Morgan fingerprint density at radius 2 is 1.85 bits per heavy atom. The first-order chi connectivity index (χ1) is 19.5. The zero-order valence-electron chi connectivity index (χ0n) is 24.1. The van der Waals surface area contributed by atoms with E-state index in [2.05, 4.69) is 15.9 Å². The van der Waals surface area contributed by atoms with Crippen molar-refractivity contribution in [1.82, 2.24) is 9.13 Å². The molecule has 3 aromatic rings. The van der Waals surface area contributed by atoms with Gasteiger partial charge in [0.2, 0.25) is 0 Å². The monoisotopic (exact) mass is 648 g/mol. The van der Waals surface area contributed by atoms with E-state index >= 15 is 0 Å². The van der Waals surface area contributed by atoms with Gasteiger partial charge in [0.05, 0.1) is 34.8 Å². The Labute approximate surface area is 251 Å². The SMILES string of the molecule is COc1ccccc1C(Cn1c(=O)n(C2CC(C(=O)OC(C)(C)C)C2)c(=O)c2c(C)c(Br)sc21)OC1CCOCC1. The van der Waals surface area contributed by atoms with Gasteiger partial charge in [0.15, 0.2) is 0 Å². The molecule has 1 aromatic carbocycles. The highest BCUT2D eigenvalue weighted by Crippen LogP contribution is 2.40. The number of aromatic nitrogens is 2. The molecule has 0 spiro atoms. The maximum atomic E-state index is 14.2. The third-order valence-corrected chi connectivity index (χ3v) is 9.95. The fourth-order valence-electron chi connectivity index (χ4n) is 5.55. The smallest absolute Gasteiger partial charge is 0.332 e. The summed E-state index contributed by atoms with van der Waals surface area (Å²) in [5, 5.41) is 0.507. The van der Waals surface area contributed by atoms with E-state index in [-0.39, 0.29) is 36.1 Å². The van der Waals surface area contributed by atoms with Crippen LogP contribution >= 0.6 is 27.3 Å². The van der Waals surface area contributed by atoms with Gasteiger partial charge in [0.1, 0.15) is 22.3 Å². The molecule has 1 aliphatic carbocycles. The van der Waals surface area contributed by atoms with E-state index in [1.165, 1.54) is 15.9 Å². The van der Waals surface area contributed by atoms with Crippen molar-refractivity contribution < 1.29 is 23.7 Å². The molecule has 2 fully saturated rings. The summed E-state index contributed by atoms with van der Waals surface area (Å²) in [5.41, 5.74) is 0.301. The lowest BCUT2D eigenvalue weighted by molar-refractivity contribution is -0.164. The van der Waals surface area contributed by atoms with Crippen LogP contribution in [0.1, 0.15) is 69.7 Å². The van der Waals surface area contributed by atoms with Gasteiger partial charge in [0.25, 0.3) is 5.56 Å². The molecule has 9 nitrogen and oxygen atoms in total. The lowest BCUT2D eigenvalue weighted by atomic mass is 9.80. The third-order valence-electron chi connectivity index (χ3n) is 7.76. The number of carbonyl (C=O) groups is 1. The number of carbonyl (C=O) groups excluding carboxylic acids is 1. The normalized spacial score (nSPS) is 20.5. The van der Waals surface area contributed by atoms with Crippen LogP contribution in [0, 0.1) is 12.8 Å². The molecule has 1 unspecified atom stereocenters. The van der Waals surface area contributed by atoms with Crippen molar-refractivity contribution in [1.29, 1.82) is 0 Å². The molecule has 1 saturated heterocycles. The minimum Gasteiger partial charge on any atom is -0.496 e. The number of halogens is 1. The summed E-state index contributed by atoms with van der Waals surface area (Å²) in [4.78, 5) is 41.2. The second-order valence-electron chi connectivity index (χ2n) is 11.8. The summed E-state index contributed by atoms with van der Waals surface area (Å²) in [6.45, 7) is 8.81. The Hall–Kier alpha value is -2.47. The first-order valence-corrected chi connectivity index (χ1v) is 15.6. The predicted octanol–water partition coefficient (Wildman–Crippen LogP) is 5.53. The number of thiophene rings is 1. The van der Waals surface area contributed by atoms with E-state index in [9.17, 15) is 14.4 Å². The number of aryl methyl sites for hydroxylation is 1. The molecule has 0 N–H and O–H groups in total. The van der Waals surface area contributed by atoms with Crippen LogP contribution in [0.15, 0.2) is 37.6 Å². The quantitative estimate of drug-likeness (QED) is 0.296. The van der Waals surface area contributed by atoms with Crippen molar-refractivity contribution in [3.63, 3.8) is 0 Å². The number of esters is 1.